The number of aromatic nitrogens is 3. The third-order valence-corrected chi connectivity index (χ3v) is 3.59. The lowest BCUT2D eigenvalue weighted by molar-refractivity contribution is 0.415. The van der Waals surface area contributed by atoms with Crippen LogP contribution in [0.5, 0.6) is 5.75 Å². The standard InChI is InChI=1S/C14H14N4OS/c1-9-7-13(18-17-9)16-14-15-12(8-20-14)10-3-5-11(19-2)6-4-10/h3-8H,1-2H3,(H2,15,16,17,18). The molecule has 0 bridgehead atoms. The number of nitrogens with zero attached hydrogens (tertiary/aromatic N) is 2. The maximum atomic E-state index is 5.15. The lowest BCUT2D eigenvalue weighted by atomic mass is 10.2. The molecular formula is C14H14N4OS. The van der Waals surface area contributed by atoms with E-state index in [9.17, 15) is 0 Å². The number of benzene rings is 1. The van der Waals surface area contributed by atoms with Crippen LogP contribution in [0.3, 0.4) is 0 Å². The molecule has 102 valence electrons. The number of methoxy groups -OCH3 is 1. The van der Waals surface area contributed by atoms with Crippen molar-refractivity contribution in [2.75, 3.05) is 12.4 Å². The van der Waals surface area contributed by atoms with E-state index in [0.717, 1.165) is 33.7 Å². The van der Waals surface area contributed by atoms with E-state index in [1.165, 1.54) is 0 Å². The molecule has 3 aromatic rings. The van der Waals surface area contributed by atoms with Gasteiger partial charge in [-0.3, -0.25) is 5.10 Å². The molecule has 0 aliphatic carbocycles. The first-order chi connectivity index (χ1) is 9.74. The molecule has 1 aromatic carbocycles. The van der Waals surface area contributed by atoms with E-state index in [4.69, 9.17) is 4.74 Å². The molecular weight excluding hydrogens is 272 g/mol. The van der Waals surface area contributed by atoms with E-state index >= 15 is 0 Å². The van der Waals surface area contributed by atoms with Gasteiger partial charge in [-0.15, -0.1) is 11.3 Å². The van der Waals surface area contributed by atoms with E-state index in [-0.39, 0.29) is 0 Å². The fourth-order valence-corrected chi connectivity index (χ4v) is 2.54. The second-order valence-corrected chi connectivity index (χ2v) is 5.19. The Balaban J connectivity index is 1.78. The topological polar surface area (TPSA) is 62.8 Å². The van der Waals surface area contributed by atoms with Gasteiger partial charge in [-0.25, -0.2) is 4.98 Å². The minimum absolute atomic E-state index is 0.776. The molecule has 0 radical (unpaired) electrons. The van der Waals surface area contributed by atoms with Crippen molar-refractivity contribution < 1.29 is 4.74 Å². The van der Waals surface area contributed by atoms with Crippen LogP contribution in [-0.4, -0.2) is 22.3 Å². The van der Waals surface area contributed by atoms with Crippen LogP contribution in [0.25, 0.3) is 11.3 Å². The Bertz CT molecular complexity index is 702. The van der Waals surface area contributed by atoms with Gasteiger partial charge < -0.3 is 10.1 Å². The highest BCUT2D eigenvalue weighted by molar-refractivity contribution is 7.14. The smallest absolute Gasteiger partial charge is 0.188 e. The Morgan fingerprint density at radius 1 is 1.25 bits per heavy atom. The number of aromatic amines is 1. The lowest BCUT2D eigenvalue weighted by Gasteiger charge is -2.00. The number of ether oxygens (including phenoxy) is 1. The Morgan fingerprint density at radius 2 is 2.05 bits per heavy atom. The second-order valence-electron chi connectivity index (χ2n) is 4.33. The summed E-state index contributed by atoms with van der Waals surface area (Å²) in [5, 5.41) is 13.0. The summed E-state index contributed by atoms with van der Waals surface area (Å²) in [5.74, 6) is 1.62. The second kappa shape index (κ2) is 5.34. The predicted molar refractivity (Wildman–Crippen MR) is 80.7 cm³/mol. The van der Waals surface area contributed by atoms with Crippen LogP contribution in [0.2, 0.25) is 0 Å². The van der Waals surface area contributed by atoms with Gasteiger partial charge in [-0.1, -0.05) is 0 Å². The average Bonchev–Trinajstić information content (AvgIpc) is 3.09. The van der Waals surface area contributed by atoms with Gasteiger partial charge in [-0.05, 0) is 31.2 Å². The van der Waals surface area contributed by atoms with Gasteiger partial charge in [-0.2, -0.15) is 5.10 Å². The number of hydrogen-bond acceptors (Lipinski definition) is 5. The van der Waals surface area contributed by atoms with Crippen molar-refractivity contribution in [2.45, 2.75) is 6.92 Å². The molecule has 2 N–H and O–H groups in total. The monoisotopic (exact) mass is 286 g/mol. The summed E-state index contributed by atoms with van der Waals surface area (Å²) >= 11 is 1.55. The number of aryl methyl sites for hydroxylation is 1. The number of H-pyrrole nitrogens is 1. The van der Waals surface area contributed by atoms with Gasteiger partial charge >= 0.3 is 0 Å². The quantitative estimate of drug-likeness (QED) is 0.769. The molecule has 0 spiro atoms. The molecule has 0 atom stereocenters. The summed E-state index contributed by atoms with van der Waals surface area (Å²) in [6.45, 7) is 1.96. The fraction of sp³-hybridized carbons (Fsp3) is 0.143. The molecule has 0 aliphatic rings. The maximum Gasteiger partial charge on any atom is 0.188 e. The van der Waals surface area contributed by atoms with Gasteiger partial charge in [0.2, 0.25) is 0 Å². The summed E-state index contributed by atoms with van der Waals surface area (Å²) in [4.78, 5) is 4.55. The van der Waals surface area contributed by atoms with Gasteiger partial charge in [0.1, 0.15) is 5.75 Å². The van der Waals surface area contributed by atoms with Crippen molar-refractivity contribution in [2.24, 2.45) is 0 Å². The Morgan fingerprint density at radius 3 is 2.70 bits per heavy atom. The molecule has 3 rings (SSSR count). The van der Waals surface area contributed by atoms with E-state index in [1.807, 2.05) is 42.6 Å². The van der Waals surface area contributed by atoms with Gasteiger partial charge in [0.05, 0.1) is 12.8 Å². The van der Waals surface area contributed by atoms with Crippen molar-refractivity contribution in [1.82, 2.24) is 15.2 Å². The van der Waals surface area contributed by atoms with Crippen molar-refractivity contribution in [3.8, 4) is 17.0 Å². The van der Waals surface area contributed by atoms with Crippen LogP contribution in [0, 0.1) is 6.92 Å². The van der Waals surface area contributed by atoms with E-state index in [1.54, 1.807) is 18.4 Å². The van der Waals surface area contributed by atoms with Crippen molar-refractivity contribution in [3.63, 3.8) is 0 Å². The van der Waals surface area contributed by atoms with E-state index < -0.39 is 0 Å². The summed E-state index contributed by atoms with van der Waals surface area (Å²) in [6.07, 6.45) is 0. The van der Waals surface area contributed by atoms with Crippen LogP contribution in [0.4, 0.5) is 10.9 Å². The molecule has 2 aromatic heterocycles. The minimum atomic E-state index is 0.776. The number of anilines is 2. The first kappa shape index (κ1) is 12.7. The summed E-state index contributed by atoms with van der Waals surface area (Å²) in [6, 6.07) is 9.79. The number of thiazole rings is 1. The zero-order chi connectivity index (χ0) is 13.9. The SMILES string of the molecule is COc1ccc(-c2csc(Nc3cc(C)[nH]n3)n2)cc1. The van der Waals surface area contributed by atoms with Crippen molar-refractivity contribution in [3.05, 3.63) is 41.4 Å². The van der Waals surface area contributed by atoms with Crippen LogP contribution in [-0.2, 0) is 0 Å². The maximum absolute atomic E-state index is 5.15. The van der Waals surface area contributed by atoms with Crippen LogP contribution in [0.15, 0.2) is 35.7 Å². The molecule has 0 unspecified atom stereocenters. The fourth-order valence-electron chi connectivity index (χ4n) is 1.82. The Labute approximate surface area is 120 Å². The predicted octanol–water partition coefficient (Wildman–Crippen LogP) is 3.59. The number of hydrogen-bond donors (Lipinski definition) is 2. The third kappa shape index (κ3) is 2.65. The molecule has 0 saturated heterocycles. The first-order valence-electron chi connectivity index (χ1n) is 6.13. The molecule has 5 nitrogen and oxygen atoms in total. The minimum Gasteiger partial charge on any atom is -0.497 e. The summed E-state index contributed by atoms with van der Waals surface area (Å²) in [5.41, 5.74) is 3.01. The molecule has 0 fully saturated rings. The number of rotatable bonds is 4. The van der Waals surface area contributed by atoms with Crippen LogP contribution < -0.4 is 10.1 Å². The third-order valence-electron chi connectivity index (χ3n) is 2.83. The molecule has 20 heavy (non-hydrogen) atoms. The molecule has 0 aliphatic heterocycles. The highest BCUT2D eigenvalue weighted by Gasteiger charge is 2.06. The normalized spacial score (nSPS) is 10.5. The summed E-state index contributed by atoms with van der Waals surface area (Å²) in [7, 11) is 1.66. The summed E-state index contributed by atoms with van der Waals surface area (Å²) < 4.78 is 5.15. The largest absolute Gasteiger partial charge is 0.497 e. The number of nitrogens with one attached hydrogen (secondary N) is 2. The van der Waals surface area contributed by atoms with Gasteiger partial charge in [0.25, 0.3) is 0 Å². The zero-order valence-electron chi connectivity index (χ0n) is 11.2. The zero-order valence-corrected chi connectivity index (χ0v) is 12.0. The molecule has 0 amide bonds. The highest BCUT2D eigenvalue weighted by Crippen LogP contribution is 2.27. The first-order valence-corrected chi connectivity index (χ1v) is 7.01. The molecule has 6 heteroatoms. The molecule has 0 saturated carbocycles. The van der Waals surface area contributed by atoms with Gasteiger partial charge in [0, 0.05) is 22.7 Å². The van der Waals surface area contributed by atoms with Crippen molar-refractivity contribution in [1.29, 1.82) is 0 Å². The highest BCUT2D eigenvalue weighted by atomic mass is 32.1. The van der Waals surface area contributed by atoms with E-state index in [0.29, 0.717) is 0 Å². The van der Waals surface area contributed by atoms with E-state index in [2.05, 4.69) is 20.5 Å². The Hall–Kier alpha value is -2.34. The molecule has 2 heterocycles. The van der Waals surface area contributed by atoms with Crippen LogP contribution in [0.1, 0.15) is 5.69 Å². The van der Waals surface area contributed by atoms with Crippen LogP contribution >= 0.6 is 11.3 Å². The lowest BCUT2D eigenvalue weighted by Crippen LogP contribution is -1.89. The van der Waals surface area contributed by atoms with Gasteiger partial charge in [0.15, 0.2) is 10.9 Å². The average molecular weight is 286 g/mol. The van der Waals surface area contributed by atoms with Crippen molar-refractivity contribution >= 4 is 22.3 Å². The Kier molecular flexibility index (Phi) is 3.39.